The zero-order valence-electron chi connectivity index (χ0n) is 12.7. The largest absolute Gasteiger partial charge is 0.494 e. The van der Waals surface area contributed by atoms with Crippen molar-refractivity contribution in [3.05, 3.63) is 42.0 Å². The SMILES string of the molecule is CCOC(=O)CCCCOc1ccc2cc(C=O)ccc2c1. The van der Waals surface area contributed by atoms with Gasteiger partial charge in [0.05, 0.1) is 13.2 Å². The average Bonchev–Trinajstić information content (AvgIpc) is 2.54. The minimum Gasteiger partial charge on any atom is -0.494 e. The second kappa shape index (κ2) is 8.17. The maximum atomic E-state index is 11.2. The number of benzene rings is 2. The van der Waals surface area contributed by atoms with Gasteiger partial charge < -0.3 is 9.47 Å². The fraction of sp³-hybridized carbons (Fsp3) is 0.333. The van der Waals surface area contributed by atoms with E-state index in [1.807, 2.05) is 30.3 Å². The first-order chi connectivity index (χ1) is 10.7. The Morgan fingerprint density at radius 2 is 1.86 bits per heavy atom. The Hall–Kier alpha value is -2.36. The quantitative estimate of drug-likeness (QED) is 0.423. The van der Waals surface area contributed by atoms with Gasteiger partial charge in [-0.3, -0.25) is 9.59 Å². The molecule has 0 atom stereocenters. The predicted molar refractivity (Wildman–Crippen MR) is 85.3 cm³/mol. The fourth-order valence-electron chi connectivity index (χ4n) is 2.20. The second-order valence-electron chi connectivity index (χ2n) is 5.00. The topological polar surface area (TPSA) is 52.6 Å². The van der Waals surface area contributed by atoms with Gasteiger partial charge >= 0.3 is 5.97 Å². The fourth-order valence-corrected chi connectivity index (χ4v) is 2.20. The number of ether oxygens (including phenoxy) is 2. The van der Waals surface area contributed by atoms with E-state index >= 15 is 0 Å². The molecule has 116 valence electrons. The van der Waals surface area contributed by atoms with Crippen molar-refractivity contribution in [1.82, 2.24) is 0 Å². The summed E-state index contributed by atoms with van der Waals surface area (Å²) in [7, 11) is 0. The van der Waals surface area contributed by atoms with Crippen molar-refractivity contribution in [3.63, 3.8) is 0 Å². The Balaban J connectivity index is 1.82. The van der Waals surface area contributed by atoms with Crippen LogP contribution < -0.4 is 4.74 Å². The molecule has 2 aromatic rings. The number of aldehydes is 1. The molecule has 0 aliphatic carbocycles. The van der Waals surface area contributed by atoms with Gasteiger partial charge in [0.1, 0.15) is 12.0 Å². The molecule has 0 spiro atoms. The van der Waals surface area contributed by atoms with E-state index in [0.717, 1.165) is 35.6 Å². The molecule has 0 aliphatic heterocycles. The molecule has 0 N–H and O–H groups in total. The summed E-state index contributed by atoms with van der Waals surface area (Å²) in [6.07, 6.45) is 2.84. The van der Waals surface area contributed by atoms with Crippen molar-refractivity contribution < 1.29 is 19.1 Å². The lowest BCUT2D eigenvalue weighted by molar-refractivity contribution is -0.143. The monoisotopic (exact) mass is 300 g/mol. The van der Waals surface area contributed by atoms with E-state index in [0.29, 0.717) is 25.2 Å². The van der Waals surface area contributed by atoms with Gasteiger partial charge in [-0.2, -0.15) is 0 Å². The number of carbonyl (C=O) groups excluding carboxylic acids is 2. The van der Waals surface area contributed by atoms with Crippen molar-refractivity contribution in [2.75, 3.05) is 13.2 Å². The Morgan fingerprint density at radius 1 is 1.09 bits per heavy atom. The highest BCUT2D eigenvalue weighted by molar-refractivity contribution is 5.89. The molecule has 0 fully saturated rings. The van der Waals surface area contributed by atoms with Crippen molar-refractivity contribution >= 4 is 23.0 Å². The highest BCUT2D eigenvalue weighted by Gasteiger charge is 2.02. The van der Waals surface area contributed by atoms with Gasteiger partial charge in [-0.15, -0.1) is 0 Å². The molecule has 0 bridgehead atoms. The van der Waals surface area contributed by atoms with Gasteiger partial charge in [0, 0.05) is 12.0 Å². The Bertz CT molecular complexity index is 649. The molecule has 0 radical (unpaired) electrons. The molecule has 0 saturated carbocycles. The van der Waals surface area contributed by atoms with Crippen molar-refractivity contribution in [3.8, 4) is 5.75 Å². The van der Waals surface area contributed by atoms with Crippen LogP contribution in [-0.2, 0) is 9.53 Å². The van der Waals surface area contributed by atoms with E-state index in [-0.39, 0.29) is 5.97 Å². The van der Waals surface area contributed by atoms with Crippen LogP contribution in [0.4, 0.5) is 0 Å². The number of hydrogen-bond donors (Lipinski definition) is 0. The summed E-state index contributed by atoms with van der Waals surface area (Å²) in [4.78, 5) is 21.9. The molecular weight excluding hydrogens is 280 g/mol. The smallest absolute Gasteiger partial charge is 0.305 e. The lowest BCUT2D eigenvalue weighted by Crippen LogP contribution is -2.05. The van der Waals surface area contributed by atoms with Crippen LogP contribution in [0.2, 0.25) is 0 Å². The minimum absolute atomic E-state index is 0.154. The number of unbranched alkanes of at least 4 members (excludes halogenated alkanes) is 1. The summed E-state index contributed by atoms with van der Waals surface area (Å²) in [5, 5.41) is 2.05. The molecule has 0 aliphatic rings. The molecular formula is C18H20O4. The first-order valence-corrected chi connectivity index (χ1v) is 7.50. The molecule has 0 saturated heterocycles. The van der Waals surface area contributed by atoms with Crippen molar-refractivity contribution in [2.45, 2.75) is 26.2 Å². The number of esters is 1. The maximum Gasteiger partial charge on any atom is 0.305 e. The van der Waals surface area contributed by atoms with Crippen LogP contribution in [0.3, 0.4) is 0 Å². The molecule has 2 rings (SSSR count). The number of rotatable bonds is 8. The van der Waals surface area contributed by atoms with Crippen LogP contribution >= 0.6 is 0 Å². The van der Waals surface area contributed by atoms with E-state index in [9.17, 15) is 9.59 Å². The molecule has 0 heterocycles. The summed E-state index contributed by atoms with van der Waals surface area (Å²) < 4.78 is 10.6. The molecule has 0 unspecified atom stereocenters. The summed E-state index contributed by atoms with van der Waals surface area (Å²) in [5.41, 5.74) is 0.667. The first-order valence-electron chi connectivity index (χ1n) is 7.50. The second-order valence-corrected chi connectivity index (χ2v) is 5.00. The Labute approximate surface area is 130 Å². The molecule has 2 aromatic carbocycles. The van der Waals surface area contributed by atoms with E-state index < -0.39 is 0 Å². The molecule has 4 nitrogen and oxygen atoms in total. The highest BCUT2D eigenvalue weighted by atomic mass is 16.5. The summed E-state index contributed by atoms with van der Waals surface area (Å²) in [5.74, 6) is 0.640. The standard InChI is InChI=1S/C18H20O4/c1-2-21-18(20)5-3-4-10-22-17-9-8-15-11-14(13-19)6-7-16(15)12-17/h6-9,11-13H,2-5,10H2,1H3. The van der Waals surface area contributed by atoms with E-state index in [1.54, 1.807) is 13.0 Å². The molecule has 0 amide bonds. The lowest BCUT2D eigenvalue weighted by atomic mass is 10.1. The van der Waals surface area contributed by atoms with Gasteiger partial charge in [-0.05, 0) is 48.7 Å². The highest BCUT2D eigenvalue weighted by Crippen LogP contribution is 2.22. The van der Waals surface area contributed by atoms with Crippen LogP contribution in [0.25, 0.3) is 10.8 Å². The third-order valence-electron chi connectivity index (χ3n) is 3.32. The van der Waals surface area contributed by atoms with Crippen LogP contribution in [0.15, 0.2) is 36.4 Å². The van der Waals surface area contributed by atoms with Gasteiger partial charge in [0.15, 0.2) is 0 Å². The van der Waals surface area contributed by atoms with Gasteiger partial charge in [0.25, 0.3) is 0 Å². The van der Waals surface area contributed by atoms with E-state index in [4.69, 9.17) is 9.47 Å². The normalized spacial score (nSPS) is 10.4. The van der Waals surface area contributed by atoms with Crippen LogP contribution in [0.5, 0.6) is 5.75 Å². The summed E-state index contributed by atoms with van der Waals surface area (Å²) in [6.45, 7) is 2.80. The van der Waals surface area contributed by atoms with Crippen LogP contribution in [-0.4, -0.2) is 25.5 Å². The zero-order chi connectivity index (χ0) is 15.8. The van der Waals surface area contributed by atoms with E-state index in [1.165, 1.54) is 0 Å². The van der Waals surface area contributed by atoms with Crippen LogP contribution in [0.1, 0.15) is 36.5 Å². The zero-order valence-corrected chi connectivity index (χ0v) is 12.7. The Kier molecular flexibility index (Phi) is 5.95. The molecule has 22 heavy (non-hydrogen) atoms. The predicted octanol–water partition coefficient (Wildman–Crippen LogP) is 3.76. The first kappa shape index (κ1) is 16.0. The average molecular weight is 300 g/mol. The van der Waals surface area contributed by atoms with Crippen molar-refractivity contribution in [1.29, 1.82) is 0 Å². The van der Waals surface area contributed by atoms with Gasteiger partial charge in [-0.1, -0.05) is 18.2 Å². The lowest BCUT2D eigenvalue weighted by Gasteiger charge is -2.07. The van der Waals surface area contributed by atoms with Gasteiger partial charge in [0.2, 0.25) is 0 Å². The third-order valence-corrected chi connectivity index (χ3v) is 3.32. The Morgan fingerprint density at radius 3 is 2.64 bits per heavy atom. The number of fused-ring (bicyclic) bond motifs is 1. The van der Waals surface area contributed by atoms with Crippen molar-refractivity contribution in [2.24, 2.45) is 0 Å². The maximum absolute atomic E-state index is 11.2. The van der Waals surface area contributed by atoms with Gasteiger partial charge in [-0.25, -0.2) is 0 Å². The number of carbonyl (C=O) groups is 2. The third kappa shape index (κ3) is 4.58. The molecule has 4 heteroatoms. The summed E-state index contributed by atoms with van der Waals surface area (Å²) in [6, 6.07) is 11.3. The van der Waals surface area contributed by atoms with E-state index in [2.05, 4.69) is 0 Å². The summed E-state index contributed by atoms with van der Waals surface area (Å²) >= 11 is 0. The number of hydrogen-bond acceptors (Lipinski definition) is 4. The minimum atomic E-state index is -0.154. The molecule has 0 aromatic heterocycles. The van der Waals surface area contributed by atoms with Crippen LogP contribution in [0, 0.1) is 0 Å².